The fourth-order valence-electron chi connectivity index (χ4n) is 2.51. The molecule has 1 atom stereocenters. The van der Waals surface area contributed by atoms with E-state index in [1.54, 1.807) is 25.1 Å². The van der Waals surface area contributed by atoms with Crippen molar-refractivity contribution in [3.63, 3.8) is 0 Å². The van der Waals surface area contributed by atoms with E-state index in [0.29, 0.717) is 30.3 Å². The summed E-state index contributed by atoms with van der Waals surface area (Å²) in [6, 6.07) is 10.3. The number of nitrogens with one attached hydrogen (secondary N) is 1. The molecule has 0 spiro atoms. The first-order valence-electron chi connectivity index (χ1n) is 7.57. The minimum absolute atomic E-state index is 0.206. The highest BCUT2D eigenvalue weighted by molar-refractivity contribution is 7.88. The molecule has 0 amide bonds. The third-order valence-corrected chi connectivity index (χ3v) is 5.12. The van der Waals surface area contributed by atoms with E-state index in [4.69, 9.17) is 9.47 Å². The van der Waals surface area contributed by atoms with Crippen molar-refractivity contribution < 1.29 is 22.3 Å². The van der Waals surface area contributed by atoms with Gasteiger partial charge < -0.3 is 9.47 Å². The molecule has 1 aliphatic heterocycles. The maximum atomic E-state index is 12.9. The molecular formula is C17H18FNO4S. The number of rotatable bonds is 5. The van der Waals surface area contributed by atoms with Gasteiger partial charge in [0, 0.05) is 6.04 Å². The van der Waals surface area contributed by atoms with Gasteiger partial charge in [0.05, 0.1) is 5.75 Å². The SMILES string of the molecule is C[C@@H](NS(=O)(=O)Cc1ccc(F)cc1)c1ccc2c(c1)OCCO2. The van der Waals surface area contributed by atoms with Gasteiger partial charge in [-0.05, 0) is 42.3 Å². The quantitative estimate of drug-likeness (QED) is 0.900. The second-order valence-electron chi connectivity index (χ2n) is 5.63. The molecule has 0 aliphatic carbocycles. The zero-order chi connectivity index (χ0) is 17.2. The maximum Gasteiger partial charge on any atom is 0.216 e. The number of halogens is 1. The van der Waals surface area contributed by atoms with E-state index in [1.807, 2.05) is 0 Å². The van der Waals surface area contributed by atoms with Crippen molar-refractivity contribution >= 4 is 10.0 Å². The molecule has 0 radical (unpaired) electrons. The minimum atomic E-state index is -3.56. The second kappa shape index (κ2) is 6.78. The summed E-state index contributed by atoms with van der Waals surface area (Å²) in [5.41, 5.74) is 1.31. The molecule has 2 aromatic rings. The Bertz CT molecular complexity index is 821. The second-order valence-corrected chi connectivity index (χ2v) is 7.38. The molecule has 0 aromatic heterocycles. The van der Waals surface area contributed by atoms with Crippen LogP contribution in [0.25, 0.3) is 0 Å². The molecule has 0 saturated carbocycles. The van der Waals surface area contributed by atoms with Crippen LogP contribution in [0.5, 0.6) is 11.5 Å². The molecule has 0 bridgehead atoms. The van der Waals surface area contributed by atoms with Crippen LogP contribution in [0, 0.1) is 5.82 Å². The summed E-state index contributed by atoms with van der Waals surface area (Å²) in [7, 11) is -3.56. The number of benzene rings is 2. The van der Waals surface area contributed by atoms with Crippen LogP contribution >= 0.6 is 0 Å². The highest BCUT2D eigenvalue weighted by Gasteiger charge is 2.19. The molecule has 0 unspecified atom stereocenters. The Balaban J connectivity index is 1.71. The largest absolute Gasteiger partial charge is 0.486 e. The Morgan fingerprint density at radius 3 is 2.46 bits per heavy atom. The van der Waals surface area contributed by atoms with Gasteiger partial charge >= 0.3 is 0 Å². The van der Waals surface area contributed by atoms with Crippen molar-refractivity contribution in [1.29, 1.82) is 0 Å². The average Bonchev–Trinajstić information content (AvgIpc) is 2.56. The van der Waals surface area contributed by atoms with Crippen LogP contribution < -0.4 is 14.2 Å². The van der Waals surface area contributed by atoms with E-state index in [0.717, 1.165) is 5.56 Å². The van der Waals surface area contributed by atoms with Crippen LogP contribution in [0.3, 0.4) is 0 Å². The zero-order valence-corrected chi connectivity index (χ0v) is 14.0. The standard InChI is InChI=1S/C17H18FNO4S/c1-12(14-4-7-16-17(10-14)23-9-8-22-16)19-24(20,21)11-13-2-5-15(18)6-3-13/h2-7,10,12,19H,8-9,11H2,1H3/t12-/m1/s1. The van der Waals surface area contributed by atoms with E-state index in [2.05, 4.69) is 4.72 Å². The smallest absolute Gasteiger partial charge is 0.216 e. The topological polar surface area (TPSA) is 64.6 Å². The van der Waals surface area contributed by atoms with Gasteiger partial charge in [-0.3, -0.25) is 0 Å². The van der Waals surface area contributed by atoms with Gasteiger partial charge in [0.15, 0.2) is 11.5 Å². The predicted molar refractivity (Wildman–Crippen MR) is 88.0 cm³/mol. The van der Waals surface area contributed by atoms with Crippen molar-refractivity contribution in [2.45, 2.75) is 18.7 Å². The molecule has 0 saturated heterocycles. The first-order chi connectivity index (χ1) is 11.4. The summed E-state index contributed by atoms with van der Waals surface area (Å²) in [4.78, 5) is 0. The number of hydrogen-bond donors (Lipinski definition) is 1. The molecule has 5 nitrogen and oxygen atoms in total. The van der Waals surface area contributed by atoms with Crippen LogP contribution in [0.15, 0.2) is 42.5 Å². The molecule has 7 heteroatoms. The third-order valence-electron chi connectivity index (χ3n) is 3.69. The summed E-state index contributed by atoms with van der Waals surface area (Å²) in [6.07, 6.45) is 0. The molecule has 1 N–H and O–H groups in total. The Hall–Kier alpha value is -2.12. The lowest BCUT2D eigenvalue weighted by Gasteiger charge is -2.21. The predicted octanol–water partition coefficient (Wildman–Crippen LogP) is 2.78. The van der Waals surface area contributed by atoms with Crippen molar-refractivity contribution in [2.75, 3.05) is 13.2 Å². The van der Waals surface area contributed by atoms with Crippen LogP contribution in [-0.4, -0.2) is 21.6 Å². The lowest BCUT2D eigenvalue weighted by molar-refractivity contribution is 0.171. The van der Waals surface area contributed by atoms with E-state index < -0.39 is 21.9 Å². The normalized spacial score (nSPS) is 15.1. The Morgan fingerprint density at radius 1 is 1.08 bits per heavy atom. The summed E-state index contributed by atoms with van der Waals surface area (Å²) in [5, 5.41) is 0. The van der Waals surface area contributed by atoms with Crippen LogP contribution in [-0.2, 0) is 15.8 Å². The summed E-state index contributed by atoms with van der Waals surface area (Å²) in [5.74, 6) is 0.672. The molecule has 1 heterocycles. The van der Waals surface area contributed by atoms with Crippen molar-refractivity contribution in [2.24, 2.45) is 0 Å². The highest BCUT2D eigenvalue weighted by Crippen LogP contribution is 2.32. The van der Waals surface area contributed by atoms with Crippen LogP contribution in [0.2, 0.25) is 0 Å². The van der Waals surface area contributed by atoms with Crippen molar-refractivity contribution in [3.05, 3.63) is 59.4 Å². The van der Waals surface area contributed by atoms with E-state index >= 15 is 0 Å². The van der Waals surface area contributed by atoms with E-state index in [-0.39, 0.29) is 5.75 Å². The summed E-state index contributed by atoms with van der Waals surface area (Å²) in [6.45, 7) is 2.74. The molecule has 2 aromatic carbocycles. The monoisotopic (exact) mass is 351 g/mol. The maximum absolute atomic E-state index is 12.9. The van der Waals surface area contributed by atoms with E-state index in [1.165, 1.54) is 24.3 Å². The third kappa shape index (κ3) is 4.04. The Labute approximate surface area is 140 Å². The van der Waals surface area contributed by atoms with Gasteiger partial charge in [0.1, 0.15) is 19.0 Å². The number of hydrogen-bond acceptors (Lipinski definition) is 4. The fourth-order valence-corrected chi connectivity index (χ4v) is 3.90. The van der Waals surface area contributed by atoms with Crippen LogP contribution in [0.4, 0.5) is 4.39 Å². The molecule has 128 valence electrons. The van der Waals surface area contributed by atoms with Gasteiger partial charge in [0.25, 0.3) is 0 Å². The minimum Gasteiger partial charge on any atom is -0.486 e. The first-order valence-corrected chi connectivity index (χ1v) is 9.22. The van der Waals surface area contributed by atoms with E-state index in [9.17, 15) is 12.8 Å². The van der Waals surface area contributed by atoms with Gasteiger partial charge in [-0.25, -0.2) is 17.5 Å². The zero-order valence-electron chi connectivity index (χ0n) is 13.2. The number of fused-ring (bicyclic) bond motifs is 1. The molecule has 3 rings (SSSR count). The van der Waals surface area contributed by atoms with Crippen molar-refractivity contribution in [3.8, 4) is 11.5 Å². The van der Waals surface area contributed by atoms with Gasteiger partial charge in [-0.15, -0.1) is 0 Å². The van der Waals surface area contributed by atoms with Gasteiger partial charge in [0.2, 0.25) is 10.0 Å². The average molecular weight is 351 g/mol. The summed E-state index contributed by atoms with van der Waals surface area (Å²) >= 11 is 0. The Morgan fingerprint density at radius 2 is 1.75 bits per heavy atom. The van der Waals surface area contributed by atoms with Crippen molar-refractivity contribution in [1.82, 2.24) is 4.72 Å². The number of ether oxygens (including phenoxy) is 2. The molecule has 0 fully saturated rings. The Kier molecular flexibility index (Phi) is 4.73. The lowest BCUT2D eigenvalue weighted by atomic mass is 10.1. The fraction of sp³-hybridized carbons (Fsp3) is 0.294. The van der Waals surface area contributed by atoms with Gasteiger partial charge in [-0.1, -0.05) is 18.2 Å². The lowest BCUT2D eigenvalue weighted by Crippen LogP contribution is -2.28. The molecule has 24 heavy (non-hydrogen) atoms. The van der Waals surface area contributed by atoms with Crippen LogP contribution in [0.1, 0.15) is 24.1 Å². The number of sulfonamides is 1. The molecular weight excluding hydrogens is 333 g/mol. The molecule has 1 aliphatic rings. The summed E-state index contributed by atoms with van der Waals surface area (Å²) < 4.78 is 51.1. The first kappa shape index (κ1) is 16.7. The van der Waals surface area contributed by atoms with Gasteiger partial charge in [-0.2, -0.15) is 0 Å². The highest BCUT2D eigenvalue weighted by atomic mass is 32.2.